The number of amides is 1. The average Bonchev–Trinajstić information content (AvgIpc) is 3.26. The third-order valence-electron chi connectivity index (χ3n) is 3.59. The van der Waals surface area contributed by atoms with Crippen molar-refractivity contribution in [1.82, 2.24) is 25.5 Å². The Morgan fingerprint density at radius 2 is 2.08 bits per heavy atom. The zero-order valence-electron chi connectivity index (χ0n) is 13.4. The number of benzene rings is 1. The van der Waals surface area contributed by atoms with Crippen molar-refractivity contribution in [3.63, 3.8) is 0 Å². The molecule has 0 aliphatic rings. The van der Waals surface area contributed by atoms with Crippen molar-refractivity contribution < 1.29 is 4.79 Å². The van der Waals surface area contributed by atoms with E-state index in [1.165, 1.54) is 4.80 Å². The first-order valence-corrected chi connectivity index (χ1v) is 8.80. The number of hydrogen-bond acceptors (Lipinski definition) is 5. The van der Waals surface area contributed by atoms with E-state index in [2.05, 4.69) is 27.7 Å². The molecule has 0 aliphatic carbocycles. The van der Waals surface area contributed by atoms with Gasteiger partial charge in [-0.25, -0.2) is 0 Å². The van der Waals surface area contributed by atoms with Crippen molar-refractivity contribution in [1.29, 1.82) is 0 Å². The van der Waals surface area contributed by atoms with Crippen molar-refractivity contribution in [2.24, 2.45) is 0 Å². The summed E-state index contributed by atoms with van der Waals surface area (Å²) in [5.41, 5.74) is 1.11. The highest BCUT2D eigenvalue weighted by atomic mass is 32.1. The highest BCUT2D eigenvalue weighted by Gasteiger charge is 2.15. The van der Waals surface area contributed by atoms with E-state index in [0.29, 0.717) is 5.82 Å². The lowest BCUT2D eigenvalue weighted by Gasteiger charge is -2.18. The molecule has 3 aromatic rings. The lowest BCUT2D eigenvalue weighted by Crippen LogP contribution is -2.32. The summed E-state index contributed by atoms with van der Waals surface area (Å²) in [6.07, 6.45) is 1.88. The fourth-order valence-corrected chi connectivity index (χ4v) is 3.13. The maximum atomic E-state index is 12.3. The molecule has 0 bridgehead atoms. The maximum absolute atomic E-state index is 12.3. The van der Waals surface area contributed by atoms with Crippen LogP contribution in [0.3, 0.4) is 0 Å². The van der Waals surface area contributed by atoms with Gasteiger partial charge in [-0.3, -0.25) is 4.79 Å². The molecule has 0 saturated carbocycles. The quantitative estimate of drug-likeness (QED) is 0.717. The van der Waals surface area contributed by atoms with Gasteiger partial charge >= 0.3 is 0 Å². The van der Waals surface area contributed by atoms with Gasteiger partial charge in [0.05, 0.1) is 10.9 Å². The lowest BCUT2D eigenvalue weighted by atomic mass is 10.0. The predicted octanol–water partition coefficient (Wildman–Crippen LogP) is 3.06. The summed E-state index contributed by atoms with van der Waals surface area (Å²) in [6, 6.07) is 13.9. The van der Waals surface area contributed by atoms with E-state index in [1.807, 2.05) is 47.8 Å². The molecule has 7 heteroatoms. The summed E-state index contributed by atoms with van der Waals surface area (Å²) in [4.78, 5) is 14.6. The second kappa shape index (κ2) is 7.83. The minimum Gasteiger partial charge on any atom is -0.348 e. The molecule has 0 radical (unpaired) electrons. The smallest absolute Gasteiger partial charge is 0.244 e. The molecule has 0 spiro atoms. The summed E-state index contributed by atoms with van der Waals surface area (Å²) < 4.78 is 0. The van der Waals surface area contributed by atoms with Gasteiger partial charge in [0.1, 0.15) is 6.54 Å². The van der Waals surface area contributed by atoms with Gasteiger partial charge in [0.2, 0.25) is 11.7 Å². The van der Waals surface area contributed by atoms with Crippen LogP contribution in [-0.4, -0.2) is 26.1 Å². The molecule has 0 unspecified atom stereocenters. The van der Waals surface area contributed by atoms with Crippen LogP contribution < -0.4 is 5.32 Å². The number of hydrogen-bond donors (Lipinski definition) is 1. The number of thiophene rings is 1. The lowest BCUT2D eigenvalue weighted by molar-refractivity contribution is -0.122. The number of carbonyl (C=O) groups is 1. The van der Waals surface area contributed by atoms with E-state index in [0.717, 1.165) is 23.3 Å². The summed E-state index contributed by atoms with van der Waals surface area (Å²) in [5.74, 6) is 0.429. The van der Waals surface area contributed by atoms with Crippen LogP contribution in [0.4, 0.5) is 0 Å². The van der Waals surface area contributed by atoms with Crippen LogP contribution in [0.25, 0.3) is 10.7 Å². The second-order valence-electron chi connectivity index (χ2n) is 5.44. The molecule has 124 valence electrons. The van der Waals surface area contributed by atoms with Gasteiger partial charge in [0.25, 0.3) is 0 Å². The largest absolute Gasteiger partial charge is 0.348 e. The molecule has 1 aromatic carbocycles. The van der Waals surface area contributed by atoms with Crippen LogP contribution in [0.2, 0.25) is 0 Å². The van der Waals surface area contributed by atoms with Crippen molar-refractivity contribution in [3.8, 4) is 10.7 Å². The normalized spacial score (nSPS) is 12.0. The van der Waals surface area contributed by atoms with Gasteiger partial charge in [0.15, 0.2) is 0 Å². The van der Waals surface area contributed by atoms with Gasteiger partial charge in [-0.2, -0.15) is 4.80 Å². The highest BCUT2D eigenvalue weighted by molar-refractivity contribution is 7.13. The fraction of sp³-hybridized carbons (Fsp3) is 0.294. The topological polar surface area (TPSA) is 72.7 Å². The summed E-state index contributed by atoms with van der Waals surface area (Å²) in [5, 5.41) is 17.2. The summed E-state index contributed by atoms with van der Waals surface area (Å²) in [6.45, 7) is 2.17. The van der Waals surface area contributed by atoms with Crippen LogP contribution in [-0.2, 0) is 11.3 Å². The molecule has 0 saturated heterocycles. The first-order chi connectivity index (χ1) is 11.8. The van der Waals surface area contributed by atoms with E-state index in [9.17, 15) is 4.79 Å². The Morgan fingerprint density at radius 3 is 2.79 bits per heavy atom. The fourth-order valence-electron chi connectivity index (χ4n) is 2.48. The summed E-state index contributed by atoms with van der Waals surface area (Å²) in [7, 11) is 0. The van der Waals surface area contributed by atoms with E-state index in [1.54, 1.807) is 11.3 Å². The van der Waals surface area contributed by atoms with Crippen molar-refractivity contribution >= 4 is 17.2 Å². The highest BCUT2D eigenvalue weighted by Crippen LogP contribution is 2.20. The number of nitrogens with one attached hydrogen (secondary N) is 1. The van der Waals surface area contributed by atoms with E-state index in [4.69, 9.17) is 0 Å². The van der Waals surface area contributed by atoms with Crippen LogP contribution >= 0.6 is 11.3 Å². The molecule has 1 amide bonds. The Bertz CT molecular complexity index is 769. The molecule has 3 rings (SSSR count). The molecule has 24 heavy (non-hydrogen) atoms. The van der Waals surface area contributed by atoms with Gasteiger partial charge in [0, 0.05) is 0 Å². The monoisotopic (exact) mass is 341 g/mol. The average molecular weight is 341 g/mol. The minimum absolute atomic E-state index is 0.00369. The molecular weight excluding hydrogens is 322 g/mol. The zero-order chi connectivity index (χ0) is 16.8. The number of carbonyl (C=O) groups excluding carboxylic acids is 1. The first-order valence-electron chi connectivity index (χ1n) is 7.92. The van der Waals surface area contributed by atoms with Gasteiger partial charge in [-0.15, -0.1) is 21.5 Å². The predicted molar refractivity (Wildman–Crippen MR) is 93.4 cm³/mol. The Kier molecular flexibility index (Phi) is 5.32. The molecular formula is C17H19N5OS. The SMILES string of the molecule is CCC[C@H](NC(=O)Cn1nnc(-c2cccs2)n1)c1ccccc1. The Hall–Kier alpha value is -2.54. The molecule has 2 heterocycles. The first kappa shape index (κ1) is 16.3. The van der Waals surface area contributed by atoms with Crippen molar-refractivity contribution in [2.45, 2.75) is 32.4 Å². The second-order valence-corrected chi connectivity index (χ2v) is 6.39. The number of aromatic nitrogens is 4. The van der Waals surface area contributed by atoms with Crippen molar-refractivity contribution in [3.05, 3.63) is 53.4 Å². The third-order valence-corrected chi connectivity index (χ3v) is 4.46. The van der Waals surface area contributed by atoms with Crippen LogP contribution in [0.1, 0.15) is 31.4 Å². The van der Waals surface area contributed by atoms with Gasteiger partial charge in [-0.05, 0) is 28.6 Å². The van der Waals surface area contributed by atoms with E-state index >= 15 is 0 Å². The number of tetrazole rings is 1. The maximum Gasteiger partial charge on any atom is 0.244 e. The number of rotatable bonds is 7. The van der Waals surface area contributed by atoms with Gasteiger partial charge < -0.3 is 5.32 Å². The standard InChI is InChI=1S/C17H19N5OS/c1-2-7-14(13-8-4-3-5-9-13)18-16(23)12-22-20-17(19-21-22)15-10-6-11-24-15/h3-6,8-11,14H,2,7,12H2,1H3,(H,18,23)/t14-/m0/s1. The third kappa shape index (κ3) is 4.05. The molecule has 2 aromatic heterocycles. The molecule has 0 fully saturated rings. The Morgan fingerprint density at radius 1 is 1.25 bits per heavy atom. The van der Waals surface area contributed by atoms with Crippen molar-refractivity contribution in [2.75, 3.05) is 0 Å². The van der Waals surface area contributed by atoms with Crippen LogP contribution in [0.15, 0.2) is 47.8 Å². The van der Waals surface area contributed by atoms with E-state index in [-0.39, 0.29) is 18.5 Å². The van der Waals surface area contributed by atoms with E-state index < -0.39 is 0 Å². The zero-order valence-corrected chi connectivity index (χ0v) is 14.2. The number of nitrogens with zero attached hydrogens (tertiary/aromatic N) is 4. The minimum atomic E-state index is -0.118. The van der Waals surface area contributed by atoms with Crippen LogP contribution in [0, 0.1) is 0 Å². The molecule has 0 aliphatic heterocycles. The Balaban J connectivity index is 1.64. The van der Waals surface area contributed by atoms with Gasteiger partial charge in [-0.1, -0.05) is 49.7 Å². The van der Waals surface area contributed by atoms with Crippen LogP contribution in [0.5, 0.6) is 0 Å². The molecule has 6 nitrogen and oxygen atoms in total. The molecule has 1 N–H and O–H groups in total. The summed E-state index contributed by atoms with van der Waals surface area (Å²) >= 11 is 1.54. The Labute approximate surface area is 144 Å². The molecule has 1 atom stereocenters.